The second kappa shape index (κ2) is 5.27. The van der Waals surface area contributed by atoms with E-state index in [-0.39, 0.29) is 11.1 Å². The molecule has 0 atom stereocenters. The molecule has 2 nitrogen and oxygen atoms in total. The normalized spacial score (nSPS) is 27.5. The number of hydrogen-bond acceptors (Lipinski definition) is 2. The van der Waals surface area contributed by atoms with E-state index in [2.05, 4.69) is 53.5 Å². The van der Waals surface area contributed by atoms with E-state index in [0.717, 1.165) is 6.04 Å². The molecule has 17 heavy (non-hydrogen) atoms. The molecule has 0 N–H and O–H groups in total. The average molecular weight is 241 g/mol. The van der Waals surface area contributed by atoms with Crippen molar-refractivity contribution in [2.75, 3.05) is 7.05 Å². The monoisotopic (exact) mass is 241 g/mol. The first-order valence-electron chi connectivity index (χ1n) is 7.00. The van der Waals surface area contributed by atoms with Gasteiger partial charge in [-0.25, -0.2) is 0 Å². The maximum atomic E-state index is 6.07. The fourth-order valence-corrected chi connectivity index (χ4v) is 2.60. The van der Waals surface area contributed by atoms with Gasteiger partial charge in [-0.1, -0.05) is 0 Å². The van der Waals surface area contributed by atoms with Crippen LogP contribution in [0.25, 0.3) is 0 Å². The highest BCUT2D eigenvalue weighted by Gasteiger charge is 2.31. The van der Waals surface area contributed by atoms with Crippen LogP contribution in [0.2, 0.25) is 0 Å². The standard InChI is InChI=1S/C15H31NO/c1-14(2,3)16(7)12-8-10-13(11-9-12)17-15(4,5)6/h12-13H,8-11H2,1-7H3. The average Bonchev–Trinajstić information content (AvgIpc) is 2.14. The highest BCUT2D eigenvalue weighted by molar-refractivity contribution is 4.85. The lowest BCUT2D eigenvalue weighted by atomic mass is 9.89. The van der Waals surface area contributed by atoms with Gasteiger partial charge in [0.2, 0.25) is 0 Å². The quantitative estimate of drug-likeness (QED) is 0.728. The zero-order chi connectivity index (χ0) is 13.3. The molecule has 0 heterocycles. The molecule has 0 aromatic heterocycles. The number of nitrogens with zero attached hydrogens (tertiary/aromatic N) is 1. The van der Waals surface area contributed by atoms with Crippen LogP contribution in [0.15, 0.2) is 0 Å². The van der Waals surface area contributed by atoms with Crippen LogP contribution in [0.1, 0.15) is 67.2 Å². The van der Waals surface area contributed by atoms with Crippen LogP contribution < -0.4 is 0 Å². The fourth-order valence-electron chi connectivity index (χ4n) is 2.60. The first-order chi connectivity index (χ1) is 7.59. The Bertz CT molecular complexity index is 228. The van der Waals surface area contributed by atoms with Crippen molar-refractivity contribution in [3.63, 3.8) is 0 Å². The predicted octanol–water partition coefficient (Wildman–Crippen LogP) is 3.84. The highest BCUT2D eigenvalue weighted by atomic mass is 16.5. The van der Waals surface area contributed by atoms with Crippen LogP contribution in [-0.4, -0.2) is 35.2 Å². The number of rotatable bonds is 2. The zero-order valence-electron chi connectivity index (χ0n) is 12.8. The topological polar surface area (TPSA) is 12.5 Å². The van der Waals surface area contributed by atoms with Crippen molar-refractivity contribution in [3.05, 3.63) is 0 Å². The molecular weight excluding hydrogens is 210 g/mol. The smallest absolute Gasteiger partial charge is 0.0602 e. The van der Waals surface area contributed by atoms with E-state index >= 15 is 0 Å². The molecule has 1 aliphatic carbocycles. The van der Waals surface area contributed by atoms with Gasteiger partial charge in [0, 0.05) is 11.6 Å². The Labute approximate surface area is 108 Å². The second-order valence-electron chi connectivity index (χ2n) is 7.44. The van der Waals surface area contributed by atoms with Crippen molar-refractivity contribution in [3.8, 4) is 0 Å². The second-order valence-corrected chi connectivity index (χ2v) is 7.44. The summed E-state index contributed by atoms with van der Waals surface area (Å²) in [4.78, 5) is 2.53. The molecule has 0 aliphatic heterocycles. The summed E-state index contributed by atoms with van der Waals surface area (Å²) >= 11 is 0. The van der Waals surface area contributed by atoms with Gasteiger partial charge < -0.3 is 4.74 Å². The minimum atomic E-state index is 0.00737. The van der Waals surface area contributed by atoms with E-state index in [0.29, 0.717) is 6.10 Å². The molecule has 0 aromatic carbocycles. The molecule has 0 saturated heterocycles. The number of hydrogen-bond donors (Lipinski definition) is 0. The molecule has 1 saturated carbocycles. The Morgan fingerprint density at radius 1 is 0.882 bits per heavy atom. The van der Waals surface area contributed by atoms with Crippen LogP contribution >= 0.6 is 0 Å². The fraction of sp³-hybridized carbons (Fsp3) is 1.00. The van der Waals surface area contributed by atoms with Crippen molar-refractivity contribution in [1.29, 1.82) is 0 Å². The summed E-state index contributed by atoms with van der Waals surface area (Å²) in [6, 6.07) is 0.731. The van der Waals surface area contributed by atoms with Crippen molar-refractivity contribution in [1.82, 2.24) is 4.90 Å². The van der Waals surface area contributed by atoms with E-state index < -0.39 is 0 Å². The third kappa shape index (κ3) is 4.97. The van der Waals surface area contributed by atoms with Crippen LogP contribution in [-0.2, 0) is 4.74 Å². The molecule has 0 radical (unpaired) electrons. The Kier molecular flexibility index (Phi) is 4.65. The summed E-state index contributed by atoms with van der Waals surface area (Å²) in [6.45, 7) is 13.3. The van der Waals surface area contributed by atoms with Crippen LogP contribution in [0.4, 0.5) is 0 Å². The highest BCUT2D eigenvalue weighted by Crippen LogP contribution is 2.30. The van der Waals surface area contributed by atoms with Crippen molar-refractivity contribution in [2.45, 2.75) is 90.5 Å². The Morgan fingerprint density at radius 2 is 1.35 bits per heavy atom. The molecule has 0 unspecified atom stereocenters. The molecule has 1 fully saturated rings. The van der Waals surface area contributed by atoms with Crippen LogP contribution in [0.3, 0.4) is 0 Å². The molecule has 2 heteroatoms. The predicted molar refractivity (Wildman–Crippen MR) is 74.4 cm³/mol. The van der Waals surface area contributed by atoms with E-state index in [1.807, 2.05) is 0 Å². The van der Waals surface area contributed by atoms with Gasteiger partial charge in [0.15, 0.2) is 0 Å². The first-order valence-corrected chi connectivity index (χ1v) is 7.00. The summed E-state index contributed by atoms with van der Waals surface area (Å²) in [6.07, 6.45) is 5.44. The van der Waals surface area contributed by atoms with Gasteiger partial charge in [-0.05, 0) is 74.3 Å². The molecule has 0 bridgehead atoms. The maximum absolute atomic E-state index is 6.07. The van der Waals surface area contributed by atoms with Crippen molar-refractivity contribution >= 4 is 0 Å². The first kappa shape index (κ1) is 15.0. The van der Waals surface area contributed by atoms with Gasteiger partial charge in [0.1, 0.15) is 0 Å². The molecule has 0 amide bonds. The molecule has 102 valence electrons. The van der Waals surface area contributed by atoms with E-state index in [1.165, 1.54) is 25.7 Å². The van der Waals surface area contributed by atoms with Crippen LogP contribution in [0.5, 0.6) is 0 Å². The minimum Gasteiger partial charge on any atom is -0.373 e. The van der Waals surface area contributed by atoms with Crippen LogP contribution in [0, 0.1) is 0 Å². The number of ether oxygens (including phenoxy) is 1. The van der Waals surface area contributed by atoms with E-state index in [4.69, 9.17) is 4.74 Å². The van der Waals surface area contributed by atoms with Gasteiger partial charge in [-0.3, -0.25) is 4.90 Å². The summed E-state index contributed by atoms with van der Waals surface area (Å²) in [5, 5.41) is 0. The maximum Gasteiger partial charge on any atom is 0.0602 e. The van der Waals surface area contributed by atoms with Gasteiger partial charge in [-0.2, -0.15) is 0 Å². The largest absolute Gasteiger partial charge is 0.373 e. The van der Waals surface area contributed by atoms with Gasteiger partial charge in [-0.15, -0.1) is 0 Å². The lowest BCUT2D eigenvalue weighted by Gasteiger charge is -2.42. The Hall–Kier alpha value is -0.0800. The van der Waals surface area contributed by atoms with E-state index in [1.54, 1.807) is 0 Å². The van der Waals surface area contributed by atoms with E-state index in [9.17, 15) is 0 Å². The summed E-state index contributed by atoms with van der Waals surface area (Å²) in [5.74, 6) is 0. The third-order valence-corrected chi connectivity index (χ3v) is 3.77. The summed E-state index contributed by atoms with van der Waals surface area (Å²) < 4.78 is 6.07. The molecule has 1 rings (SSSR count). The SMILES string of the molecule is CN(C1CCC(OC(C)(C)C)CC1)C(C)(C)C. The van der Waals surface area contributed by atoms with Gasteiger partial charge in [0.25, 0.3) is 0 Å². The lowest BCUT2D eigenvalue weighted by molar-refractivity contribution is -0.0835. The molecular formula is C15H31NO. The Morgan fingerprint density at radius 3 is 1.71 bits per heavy atom. The minimum absolute atomic E-state index is 0.00737. The Balaban J connectivity index is 2.41. The molecule has 0 aromatic rings. The van der Waals surface area contributed by atoms with Crippen molar-refractivity contribution in [2.24, 2.45) is 0 Å². The zero-order valence-corrected chi connectivity index (χ0v) is 12.8. The summed E-state index contributed by atoms with van der Waals surface area (Å²) in [7, 11) is 2.26. The van der Waals surface area contributed by atoms with Gasteiger partial charge >= 0.3 is 0 Å². The third-order valence-electron chi connectivity index (χ3n) is 3.77. The van der Waals surface area contributed by atoms with Crippen molar-refractivity contribution < 1.29 is 4.74 Å². The van der Waals surface area contributed by atoms with Gasteiger partial charge in [0.05, 0.1) is 11.7 Å². The molecule has 0 spiro atoms. The lowest BCUT2D eigenvalue weighted by Crippen LogP contribution is -2.47. The molecule has 1 aliphatic rings. The summed E-state index contributed by atoms with van der Waals surface area (Å²) in [5.41, 5.74) is 0.288.